The molecule has 1 aromatic carbocycles. The van der Waals surface area contributed by atoms with Gasteiger partial charge in [-0.05, 0) is 44.0 Å². The third-order valence-corrected chi connectivity index (χ3v) is 4.76. The van der Waals surface area contributed by atoms with Crippen molar-refractivity contribution in [3.63, 3.8) is 0 Å². The molecule has 2 heterocycles. The molecule has 126 valence electrons. The number of carbonyl (C=O) groups is 2. The van der Waals surface area contributed by atoms with E-state index < -0.39 is 6.04 Å². The molecular formula is C17H24ClN3O2. The highest BCUT2D eigenvalue weighted by atomic mass is 35.5. The Kier molecular flexibility index (Phi) is 6.02. The number of piperidine rings is 1. The van der Waals surface area contributed by atoms with Crippen molar-refractivity contribution in [1.82, 2.24) is 10.6 Å². The Bertz CT molecular complexity index is 548. The van der Waals surface area contributed by atoms with E-state index in [-0.39, 0.29) is 30.1 Å². The first-order valence-corrected chi connectivity index (χ1v) is 8.04. The maximum absolute atomic E-state index is 12.6. The summed E-state index contributed by atoms with van der Waals surface area (Å²) in [5, 5.41) is 6.14. The van der Waals surface area contributed by atoms with Crippen LogP contribution in [0.2, 0.25) is 0 Å². The van der Waals surface area contributed by atoms with Crippen LogP contribution in [0.3, 0.4) is 0 Å². The molecule has 0 bridgehead atoms. The molecule has 2 atom stereocenters. The Balaban J connectivity index is 0.00000192. The minimum absolute atomic E-state index is 0. The number of carbonyl (C=O) groups excluding carboxylic acids is 2. The minimum Gasteiger partial charge on any atom is -0.344 e. The number of hydrogen-bond donors (Lipinski definition) is 2. The third kappa shape index (κ3) is 3.85. The number of nitrogens with one attached hydrogen (secondary N) is 2. The van der Waals surface area contributed by atoms with Crippen molar-refractivity contribution < 1.29 is 9.59 Å². The molecule has 0 saturated carbocycles. The van der Waals surface area contributed by atoms with Gasteiger partial charge in [-0.1, -0.05) is 25.1 Å². The van der Waals surface area contributed by atoms with Gasteiger partial charge in [-0.3, -0.25) is 9.59 Å². The van der Waals surface area contributed by atoms with Crippen LogP contribution in [0.25, 0.3) is 0 Å². The van der Waals surface area contributed by atoms with Gasteiger partial charge in [0.15, 0.2) is 0 Å². The molecule has 2 aliphatic rings. The average molecular weight is 338 g/mol. The zero-order chi connectivity index (χ0) is 15.5. The lowest BCUT2D eigenvalue weighted by atomic mass is 9.88. The molecule has 2 saturated heterocycles. The second kappa shape index (κ2) is 7.79. The maximum Gasteiger partial charge on any atom is 0.249 e. The summed E-state index contributed by atoms with van der Waals surface area (Å²) < 4.78 is 0. The van der Waals surface area contributed by atoms with Crippen LogP contribution >= 0.6 is 12.4 Å². The van der Waals surface area contributed by atoms with Gasteiger partial charge in [0.05, 0.1) is 0 Å². The van der Waals surface area contributed by atoms with E-state index in [1.807, 2.05) is 37.3 Å². The molecule has 2 amide bonds. The summed E-state index contributed by atoms with van der Waals surface area (Å²) in [5.74, 6) is 0.356. The number of anilines is 1. The Morgan fingerprint density at radius 3 is 2.61 bits per heavy atom. The van der Waals surface area contributed by atoms with Gasteiger partial charge >= 0.3 is 0 Å². The standard InChI is InChI=1S/C17H23N3O2.ClH/c1-12(13-10-18-11-13)16(21)19-15-8-5-9-20(17(15)22)14-6-3-2-4-7-14;/h2-4,6-7,12-13,15,18H,5,8-11H2,1H3,(H,19,21);1H. The predicted octanol–water partition coefficient (Wildman–Crippen LogP) is 1.58. The van der Waals surface area contributed by atoms with Gasteiger partial charge < -0.3 is 15.5 Å². The van der Waals surface area contributed by atoms with Crippen molar-refractivity contribution in [3.8, 4) is 0 Å². The van der Waals surface area contributed by atoms with E-state index in [1.54, 1.807) is 4.90 Å². The fourth-order valence-electron chi connectivity index (χ4n) is 3.06. The Hall–Kier alpha value is -1.59. The number of amides is 2. The Labute approximate surface area is 143 Å². The first-order chi connectivity index (χ1) is 10.7. The topological polar surface area (TPSA) is 61.4 Å². The molecule has 2 unspecified atom stereocenters. The van der Waals surface area contributed by atoms with E-state index in [1.165, 1.54) is 0 Å². The van der Waals surface area contributed by atoms with Crippen LogP contribution in [0.5, 0.6) is 0 Å². The van der Waals surface area contributed by atoms with Crippen LogP contribution in [0.4, 0.5) is 5.69 Å². The van der Waals surface area contributed by atoms with Crippen molar-refractivity contribution in [2.75, 3.05) is 24.5 Å². The molecule has 2 N–H and O–H groups in total. The molecule has 0 spiro atoms. The zero-order valence-corrected chi connectivity index (χ0v) is 14.1. The Morgan fingerprint density at radius 1 is 1.30 bits per heavy atom. The van der Waals surface area contributed by atoms with Crippen LogP contribution in [0.1, 0.15) is 19.8 Å². The summed E-state index contributed by atoms with van der Waals surface area (Å²) in [6, 6.07) is 9.27. The van der Waals surface area contributed by atoms with Gasteiger partial charge in [-0.2, -0.15) is 0 Å². The Morgan fingerprint density at radius 2 is 2.00 bits per heavy atom. The highest BCUT2D eigenvalue weighted by molar-refractivity contribution is 6.00. The van der Waals surface area contributed by atoms with Crippen LogP contribution in [0.15, 0.2) is 30.3 Å². The van der Waals surface area contributed by atoms with Gasteiger partial charge in [-0.25, -0.2) is 0 Å². The molecular weight excluding hydrogens is 314 g/mol. The van der Waals surface area contributed by atoms with E-state index in [2.05, 4.69) is 10.6 Å². The number of benzene rings is 1. The summed E-state index contributed by atoms with van der Waals surface area (Å²) in [6.07, 6.45) is 1.63. The SMILES string of the molecule is CC(C(=O)NC1CCCN(c2ccccc2)C1=O)C1CNC1.Cl. The summed E-state index contributed by atoms with van der Waals surface area (Å²) in [5.41, 5.74) is 0.905. The van der Waals surface area contributed by atoms with Gasteiger partial charge in [-0.15, -0.1) is 12.4 Å². The number of halogens is 1. The molecule has 5 nitrogen and oxygen atoms in total. The smallest absolute Gasteiger partial charge is 0.249 e. The molecule has 23 heavy (non-hydrogen) atoms. The van der Waals surface area contributed by atoms with E-state index in [9.17, 15) is 9.59 Å². The van der Waals surface area contributed by atoms with Crippen molar-refractivity contribution in [2.45, 2.75) is 25.8 Å². The lowest BCUT2D eigenvalue weighted by Crippen LogP contribution is -2.56. The third-order valence-electron chi connectivity index (χ3n) is 4.76. The summed E-state index contributed by atoms with van der Waals surface area (Å²) in [6.45, 7) is 4.45. The van der Waals surface area contributed by atoms with Crippen molar-refractivity contribution >= 4 is 29.9 Å². The van der Waals surface area contributed by atoms with Gasteiger partial charge in [0.25, 0.3) is 0 Å². The van der Waals surface area contributed by atoms with Crippen LogP contribution < -0.4 is 15.5 Å². The summed E-state index contributed by atoms with van der Waals surface area (Å²) in [7, 11) is 0. The molecule has 0 aromatic heterocycles. The fourth-order valence-corrected chi connectivity index (χ4v) is 3.06. The molecule has 2 fully saturated rings. The van der Waals surface area contributed by atoms with Gasteiger partial charge in [0.1, 0.15) is 6.04 Å². The van der Waals surface area contributed by atoms with Crippen molar-refractivity contribution in [1.29, 1.82) is 0 Å². The molecule has 2 aliphatic heterocycles. The molecule has 3 rings (SSSR count). The number of hydrogen-bond acceptors (Lipinski definition) is 3. The quantitative estimate of drug-likeness (QED) is 0.877. The van der Waals surface area contributed by atoms with Crippen LogP contribution in [-0.4, -0.2) is 37.5 Å². The first-order valence-electron chi connectivity index (χ1n) is 8.04. The molecule has 0 radical (unpaired) electrons. The highest BCUT2D eigenvalue weighted by Crippen LogP contribution is 2.22. The monoisotopic (exact) mass is 337 g/mol. The van der Waals surface area contributed by atoms with E-state index in [0.717, 1.165) is 38.2 Å². The van der Waals surface area contributed by atoms with Gasteiger partial charge in [0.2, 0.25) is 11.8 Å². The second-order valence-corrected chi connectivity index (χ2v) is 6.24. The van der Waals surface area contributed by atoms with Crippen molar-refractivity contribution in [2.24, 2.45) is 11.8 Å². The van der Waals surface area contributed by atoms with Crippen LogP contribution in [-0.2, 0) is 9.59 Å². The van der Waals surface area contributed by atoms with Crippen LogP contribution in [0, 0.1) is 11.8 Å². The normalized spacial score (nSPS) is 22.7. The summed E-state index contributed by atoms with van der Waals surface area (Å²) in [4.78, 5) is 26.7. The zero-order valence-electron chi connectivity index (χ0n) is 13.3. The minimum atomic E-state index is -0.392. The maximum atomic E-state index is 12.6. The number of para-hydroxylation sites is 1. The highest BCUT2D eigenvalue weighted by Gasteiger charge is 2.34. The largest absolute Gasteiger partial charge is 0.344 e. The average Bonchev–Trinajstić information content (AvgIpc) is 2.48. The summed E-state index contributed by atoms with van der Waals surface area (Å²) >= 11 is 0. The first kappa shape index (κ1) is 17.8. The predicted molar refractivity (Wildman–Crippen MR) is 92.7 cm³/mol. The molecule has 6 heteroatoms. The van der Waals surface area contributed by atoms with Crippen molar-refractivity contribution in [3.05, 3.63) is 30.3 Å². The second-order valence-electron chi connectivity index (χ2n) is 6.24. The van der Waals surface area contributed by atoms with E-state index >= 15 is 0 Å². The lowest BCUT2D eigenvalue weighted by Gasteiger charge is -2.35. The number of nitrogens with zero attached hydrogens (tertiary/aromatic N) is 1. The fraction of sp³-hybridized carbons (Fsp3) is 0.529. The lowest BCUT2D eigenvalue weighted by molar-refractivity contribution is -0.132. The van der Waals surface area contributed by atoms with E-state index in [0.29, 0.717) is 5.92 Å². The molecule has 1 aromatic rings. The van der Waals surface area contributed by atoms with E-state index in [4.69, 9.17) is 0 Å². The number of rotatable bonds is 4. The van der Waals surface area contributed by atoms with Gasteiger partial charge in [0, 0.05) is 18.2 Å². The molecule has 0 aliphatic carbocycles.